The van der Waals surface area contributed by atoms with Crippen molar-refractivity contribution in [3.05, 3.63) is 11.6 Å². The summed E-state index contributed by atoms with van der Waals surface area (Å²) in [5, 5.41) is 8.63. The van der Waals surface area contributed by atoms with Gasteiger partial charge in [0.15, 0.2) is 5.82 Å². The van der Waals surface area contributed by atoms with E-state index >= 15 is 0 Å². The molecular weight excluding hydrogens is 260 g/mol. The van der Waals surface area contributed by atoms with Gasteiger partial charge in [0.25, 0.3) is 0 Å². The summed E-state index contributed by atoms with van der Waals surface area (Å²) in [6.07, 6.45) is 13.5. The van der Waals surface area contributed by atoms with Crippen molar-refractivity contribution in [1.82, 2.24) is 20.1 Å². The molecule has 0 aromatic carbocycles. The summed E-state index contributed by atoms with van der Waals surface area (Å²) in [4.78, 5) is 4.94. The van der Waals surface area contributed by atoms with E-state index < -0.39 is 0 Å². The predicted molar refractivity (Wildman–Crippen MR) is 83.1 cm³/mol. The molecule has 2 saturated carbocycles. The second-order valence-corrected chi connectivity index (χ2v) is 7.38. The van der Waals surface area contributed by atoms with Crippen LogP contribution in [0.3, 0.4) is 0 Å². The quantitative estimate of drug-likeness (QED) is 0.906. The van der Waals surface area contributed by atoms with Crippen LogP contribution in [0.1, 0.15) is 87.8 Å². The van der Waals surface area contributed by atoms with Crippen LogP contribution in [0.4, 0.5) is 0 Å². The Morgan fingerprint density at radius 3 is 2.57 bits per heavy atom. The number of hydrogen-bond acceptors (Lipinski definition) is 3. The smallest absolute Gasteiger partial charge is 0.154 e. The largest absolute Gasteiger partial charge is 0.304 e. The van der Waals surface area contributed by atoms with E-state index in [9.17, 15) is 0 Å². The van der Waals surface area contributed by atoms with E-state index in [0.29, 0.717) is 12.0 Å². The number of aromatic nitrogens is 3. The Kier molecular flexibility index (Phi) is 3.74. The van der Waals surface area contributed by atoms with Crippen molar-refractivity contribution < 1.29 is 0 Å². The molecule has 1 aromatic rings. The third-order valence-electron chi connectivity index (χ3n) is 6.00. The Hall–Kier alpha value is -0.900. The molecule has 0 spiro atoms. The van der Waals surface area contributed by atoms with Gasteiger partial charge in [-0.1, -0.05) is 25.7 Å². The molecule has 4 rings (SSSR count). The summed E-state index contributed by atoms with van der Waals surface area (Å²) >= 11 is 0. The summed E-state index contributed by atoms with van der Waals surface area (Å²) in [6.45, 7) is 0. The first-order chi connectivity index (χ1) is 10.3. The number of fused-ring (bicyclic) bond motifs is 1. The van der Waals surface area contributed by atoms with Gasteiger partial charge in [-0.3, -0.25) is 4.68 Å². The van der Waals surface area contributed by atoms with E-state index in [1.165, 1.54) is 70.0 Å². The SMILES string of the molecule is Cn1nc(C2CCCC2)nc1C1CCC2CCCCC2N1. The van der Waals surface area contributed by atoms with E-state index in [2.05, 4.69) is 17.0 Å². The minimum absolute atomic E-state index is 0.428. The van der Waals surface area contributed by atoms with Gasteiger partial charge >= 0.3 is 0 Å². The minimum atomic E-state index is 0.428. The first-order valence-electron chi connectivity index (χ1n) is 8.98. The zero-order valence-corrected chi connectivity index (χ0v) is 13.2. The Morgan fingerprint density at radius 1 is 0.952 bits per heavy atom. The van der Waals surface area contributed by atoms with Crippen LogP contribution in [-0.4, -0.2) is 20.8 Å². The first-order valence-corrected chi connectivity index (χ1v) is 8.98. The van der Waals surface area contributed by atoms with Crippen molar-refractivity contribution in [2.75, 3.05) is 0 Å². The lowest BCUT2D eigenvalue weighted by Gasteiger charge is -2.40. The van der Waals surface area contributed by atoms with Crippen molar-refractivity contribution in [3.63, 3.8) is 0 Å². The summed E-state index contributed by atoms with van der Waals surface area (Å²) in [5.74, 6) is 3.83. The van der Waals surface area contributed by atoms with Gasteiger partial charge in [-0.25, -0.2) is 4.98 Å². The Balaban J connectivity index is 1.50. The van der Waals surface area contributed by atoms with Gasteiger partial charge in [0.1, 0.15) is 5.82 Å². The maximum Gasteiger partial charge on any atom is 0.154 e. The highest BCUT2D eigenvalue weighted by Gasteiger charge is 2.34. The van der Waals surface area contributed by atoms with Crippen LogP contribution in [0.15, 0.2) is 0 Å². The van der Waals surface area contributed by atoms with Gasteiger partial charge < -0.3 is 5.32 Å². The van der Waals surface area contributed by atoms with E-state index in [4.69, 9.17) is 10.1 Å². The molecule has 0 amide bonds. The fourth-order valence-corrected chi connectivity index (χ4v) is 4.78. The average Bonchev–Trinajstić information content (AvgIpc) is 3.16. The van der Waals surface area contributed by atoms with Crippen LogP contribution < -0.4 is 5.32 Å². The Bertz CT molecular complexity index is 489. The molecule has 3 atom stereocenters. The van der Waals surface area contributed by atoms with Gasteiger partial charge in [0, 0.05) is 19.0 Å². The van der Waals surface area contributed by atoms with Gasteiger partial charge in [0.05, 0.1) is 6.04 Å². The predicted octanol–water partition coefficient (Wildman–Crippen LogP) is 3.46. The number of nitrogens with one attached hydrogen (secondary N) is 1. The highest BCUT2D eigenvalue weighted by atomic mass is 15.3. The zero-order chi connectivity index (χ0) is 14.2. The number of piperidine rings is 1. The maximum absolute atomic E-state index is 4.94. The number of hydrogen-bond donors (Lipinski definition) is 1. The Labute approximate surface area is 127 Å². The summed E-state index contributed by atoms with van der Waals surface area (Å²) in [6, 6.07) is 1.15. The third-order valence-corrected chi connectivity index (χ3v) is 6.00. The molecule has 3 fully saturated rings. The van der Waals surface area contributed by atoms with Gasteiger partial charge in [0.2, 0.25) is 0 Å². The topological polar surface area (TPSA) is 42.7 Å². The van der Waals surface area contributed by atoms with E-state index in [1.54, 1.807) is 0 Å². The molecule has 1 saturated heterocycles. The van der Waals surface area contributed by atoms with Crippen molar-refractivity contribution in [1.29, 1.82) is 0 Å². The molecule has 1 N–H and O–H groups in total. The first kappa shape index (κ1) is 13.7. The number of nitrogens with zero attached hydrogens (tertiary/aromatic N) is 3. The monoisotopic (exact) mass is 288 g/mol. The molecule has 116 valence electrons. The van der Waals surface area contributed by atoms with Crippen molar-refractivity contribution >= 4 is 0 Å². The van der Waals surface area contributed by atoms with Crippen LogP contribution in [0.5, 0.6) is 0 Å². The van der Waals surface area contributed by atoms with Crippen LogP contribution in [0.25, 0.3) is 0 Å². The summed E-state index contributed by atoms with van der Waals surface area (Å²) < 4.78 is 2.05. The fourth-order valence-electron chi connectivity index (χ4n) is 4.78. The zero-order valence-electron chi connectivity index (χ0n) is 13.2. The molecule has 3 unspecified atom stereocenters. The maximum atomic E-state index is 4.94. The van der Waals surface area contributed by atoms with Crippen LogP contribution in [0, 0.1) is 5.92 Å². The van der Waals surface area contributed by atoms with Crippen LogP contribution in [0.2, 0.25) is 0 Å². The second-order valence-electron chi connectivity index (χ2n) is 7.38. The molecule has 4 nitrogen and oxygen atoms in total. The van der Waals surface area contributed by atoms with Crippen LogP contribution >= 0.6 is 0 Å². The number of rotatable bonds is 2. The van der Waals surface area contributed by atoms with Crippen LogP contribution in [-0.2, 0) is 7.05 Å². The number of aryl methyl sites for hydroxylation is 1. The van der Waals surface area contributed by atoms with Gasteiger partial charge in [-0.2, -0.15) is 5.10 Å². The normalized spacial score (nSPS) is 34.0. The highest BCUT2D eigenvalue weighted by molar-refractivity contribution is 5.07. The molecule has 4 heteroatoms. The minimum Gasteiger partial charge on any atom is -0.304 e. The molecule has 1 aromatic heterocycles. The lowest BCUT2D eigenvalue weighted by Crippen LogP contribution is -2.45. The van der Waals surface area contributed by atoms with Gasteiger partial charge in [-0.05, 0) is 44.4 Å². The molecular formula is C17H28N4. The second kappa shape index (κ2) is 5.71. The van der Waals surface area contributed by atoms with E-state index in [-0.39, 0.29) is 0 Å². The van der Waals surface area contributed by atoms with Gasteiger partial charge in [-0.15, -0.1) is 0 Å². The van der Waals surface area contributed by atoms with Crippen molar-refractivity contribution in [2.45, 2.75) is 82.2 Å². The van der Waals surface area contributed by atoms with Crippen molar-refractivity contribution in [3.8, 4) is 0 Å². The molecule has 2 heterocycles. The summed E-state index contributed by atoms with van der Waals surface area (Å²) in [7, 11) is 2.08. The third kappa shape index (κ3) is 2.63. The molecule has 0 radical (unpaired) electrons. The molecule has 2 aliphatic carbocycles. The molecule has 0 bridgehead atoms. The van der Waals surface area contributed by atoms with E-state index in [1.807, 2.05) is 0 Å². The average molecular weight is 288 g/mol. The summed E-state index contributed by atoms with van der Waals surface area (Å²) in [5.41, 5.74) is 0. The van der Waals surface area contributed by atoms with Crippen molar-refractivity contribution in [2.24, 2.45) is 13.0 Å². The lowest BCUT2D eigenvalue weighted by molar-refractivity contribution is 0.171. The highest BCUT2D eigenvalue weighted by Crippen LogP contribution is 2.37. The lowest BCUT2D eigenvalue weighted by atomic mass is 9.77. The fraction of sp³-hybridized carbons (Fsp3) is 0.882. The molecule has 21 heavy (non-hydrogen) atoms. The Morgan fingerprint density at radius 2 is 1.71 bits per heavy atom. The standard InChI is InChI=1S/C17H28N4/c1-21-17(19-16(20-21)13-7-2-3-8-13)15-11-10-12-6-4-5-9-14(12)18-15/h12-15,18H,2-11H2,1H3. The molecule has 1 aliphatic heterocycles. The molecule has 3 aliphatic rings. The van der Waals surface area contributed by atoms with E-state index in [0.717, 1.165) is 17.8 Å².